The van der Waals surface area contributed by atoms with Crippen molar-refractivity contribution >= 4 is 5.82 Å². The van der Waals surface area contributed by atoms with Crippen molar-refractivity contribution in [3.63, 3.8) is 0 Å². The number of hydrogen-bond acceptors (Lipinski definition) is 4. The first-order valence-electron chi connectivity index (χ1n) is 5.11. The van der Waals surface area contributed by atoms with Gasteiger partial charge < -0.3 is 5.73 Å². The van der Waals surface area contributed by atoms with Crippen LogP contribution >= 0.6 is 0 Å². The number of anilines is 1. The van der Waals surface area contributed by atoms with Crippen molar-refractivity contribution < 1.29 is 0 Å². The van der Waals surface area contributed by atoms with Crippen LogP contribution < -0.4 is 5.73 Å². The van der Waals surface area contributed by atoms with Gasteiger partial charge in [-0.1, -0.05) is 6.07 Å². The summed E-state index contributed by atoms with van der Waals surface area (Å²) in [6.45, 7) is 5.90. The zero-order valence-electron chi connectivity index (χ0n) is 9.65. The summed E-state index contributed by atoms with van der Waals surface area (Å²) in [5.74, 6) is 1.07. The highest BCUT2D eigenvalue weighted by molar-refractivity contribution is 5.56. The first-order chi connectivity index (χ1) is 7.56. The molecule has 0 aliphatic rings. The fourth-order valence-electron chi connectivity index (χ4n) is 1.65. The summed E-state index contributed by atoms with van der Waals surface area (Å²) < 4.78 is 0. The van der Waals surface area contributed by atoms with Gasteiger partial charge in [-0.25, -0.2) is 9.97 Å². The highest BCUT2D eigenvalue weighted by atomic mass is 15.0. The number of pyridine rings is 1. The van der Waals surface area contributed by atoms with Gasteiger partial charge in [0.1, 0.15) is 11.5 Å². The molecule has 2 aromatic heterocycles. The molecule has 0 aliphatic heterocycles. The van der Waals surface area contributed by atoms with Gasteiger partial charge in [0.25, 0.3) is 0 Å². The third-order valence-electron chi connectivity index (χ3n) is 2.30. The van der Waals surface area contributed by atoms with Crippen molar-refractivity contribution in [2.24, 2.45) is 0 Å². The molecule has 0 saturated heterocycles. The first-order valence-corrected chi connectivity index (χ1v) is 5.11. The van der Waals surface area contributed by atoms with Crippen LogP contribution in [-0.4, -0.2) is 15.0 Å². The van der Waals surface area contributed by atoms with Crippen LogP contribution in [0.4, 0.5) is 5.82 Å². The van der Waals surface area contributed by atoms with Crippen molar-refractivity contribution in [2.45, 2.75) is 20.8 Å². The molecular formula is C12H14N4. The summed E-state index contributed by atoms with van der Waals surface area (Å²) in [5.41, 5.74) is 9.53. The van der Waals surface area contributed by atoms with Crippen LogP contribution in [0.25, 0.3) is 11.5 Å². The number of nitrogen functional groups attached to an aromatic ring is 1. The average Bonchev–Trinajstić information content (AvgIpc) is 2.15. The molecule has 4 heteroatoms. The van der Waals surface area contributed by atoms with Crippen LogP contribution in [0.3, 0.4) is 0 Å². The molecule has 82 valence electrons. The Morgan fingerprint density at radius 1 is 1.06 bits per heavy atom. The summed E-state index contributed by atoms with van der Waals surface area (Å²) >= 11 is 0. The lowest BCUT2D eigenvalue weighted by molar-refractivity contribution is 1.08. The predicted octanol–water partition coefficient (Wildman–Crippen LogP) is 2.05. The summed E-state index contributed by atoms with van der Waals surface area (Å²) in [5, 5.41) is 0. The molecule has 0 atom stereocenters. The van der Waals surface area contributed by atoms with Crippen molar-refractivity contribution in [3.8, 4) is 11.5 Å². The predicted molar refractivity (Wildman–Crippen MR) is 63.9 cm³/mol. The number of nitrogens with two attached hydrogens (primary N) is 1. The van der Waals surface area contributed by atoms with Crippen LogP contribution in [0.15, 0.2) is 18.3 Å². The molecule has 0 radical (unpaired) electrons. The minimum atomic E-state index is 0.476. The summed E-state index contributed by atoms with van der Waals surface area (Å²) in [6.07, 6.45) is 1.81. The van der Waals surface area contributed by atoms with Crippen molar-refractivity contribution in [1.29, 1.82) is 0 Å². The maximum absolute atomic E-state index is 5.70. The molecule has 2 N–H and O–H groups in total. The Morgan fingerprint density at radius 2 is 1.81 bits per heavy atom. The Hall–Kier alpha value is -1.97. The van der Waals surface area contributed by atoms with Gasteiger partial charge in [0.05, 0.1) is 0 Å². The average molecular weight is 214 g/mol. The van der Waals surface area contributed by atoms with Gasteiger partial charge in [0.15, 0.2) is 5.82 Å². The van der Waals surface area contributed by atoms with E-state index in [2.05, 4.69) is 21.0 Å². The van der Waals surface area contributed by atoms with Gasteiger partial charge in [0, 0.05) is 18.0 Å². The number of aryl methyl sites for hydroxylation is 3. The van der Waals surface area contributed by atoms with E-state index in [-0.39, 0.29) is 0 Å². The summed E-state index contributed by atoms with van der Waals surface area (Å²) in [4.78, 5) is 12.9. The quantitative estimate of drug-likeness (QED) is 0.789. The number of nitrogens with zero attached hydrogens (tertiary/aromatic N) is 3. The van der Waals surface area contributed by atoms with E-state index in [0.29, 0.717) is 11.6 Å². The van der Waals surface area contributed by atoms with E-state index < -0.39 is 0 Å². The first kappa shape index (κ1) is 10.5. The molecule has 2 aromatic rings. The Balaban J connectivity index is 2.58. The summed E-state index contributed by atoms with van der Waals surface area (Å²) in [7, 11) is 0. The molecule has 2 rings (SSSR count). The van der Waals surface area contributed by atoms with Crippen LogP contribution in [0.2, 0.25) is 0 Å². The molecule has 0 aliphatic carbocycles. The fraction of sp³-hybridized carbons (Fsp3) is 0.250. The monoisotopic (exact) mass is 214 g/mol. The molecular weight excluding hydrogens is 200 g/mol. The molecule has 0 saturated carbocycles. The molecule has 0 fully saturated rings. The molecule has 0 unspecified atom stereocenters. The van der Waals surface area contributed by atoms with Gasteiger partial charge >= 0.3 is 0 Å². The Labute approximate surface area is 94.6 Å². The van der Waals surface area contributed by atoms with Crippen LogP contribution in [0.1, 0.15) is 16.8 Å². The second kappa shape index (κ2) is 3.89. The lowest BCUT2D eigenvalue weighted by atomic mass is 10.1. The SMILES string of the molecule is Cc1cnc(-c2nc(C)cc(N)n2)c(C)c1. The van der Waals surface area contributed by atoms with Gasteiger partial charge in [-0.15, -0.1) is 0 Å². The maximum Gasteiger partial charge on any atom is 0.180 e. The van der Waals surface area contributed by atoms with Gasteiger partial charge in [-0.3, -0.25) is 4.98 Å². The molecule has 2 heterocycles. The van der Waals surface area contributed by atoms with Gasteiger partial charge in [0.2, 0.25) is 0 Å². The lowest BCUT2D eigenvalue weighted by Crippen LogP contribution is -2.00. The second-order valence-electron chi connectivity index (χ2n) is 3.94. The zero-order chi connectivity index (χ0) is 11.7. The Morgan fingerprint density at radius 3 is 2.44 bits per heavy atom. The van der Waals surface area contributed by atoms with E-state index in [1.165, 1.54) is 0 Å². The lowest BCUT2D eigenvalue weighted by Gasteiger charge is -2.06. The van der Waals surface area contributed by atoms with E-state index in [4.69, 9.17) is 5.73 Å². The van der Waals surface area contributed by atoms with Crippen LogP contribution in [-0.2, 0) is 0 Å². The fourth-order valence-corrected chi connectivity index (χ4v) is 1.65. The maximum atomic E-state index is 5.70. The smallest absolute Gasteiger partial charge is 0.180 e. The number of aromatic nitrogens is 3. The van der Waals surface area contributed by atoms with Gasteiger partial charge in [-0.2, -0.15) is 0 Å². The molecule has 16 heavy (non-hydrogen) atoms. The normalized spacial score (nSPS) is 10.4. The Kier molecular flexibility index (Phi) is 2.56. The van der Waals surface area contributed by atoms with Crippen molar-refractivity contribution in [1.82, 2.24) is 15.0 Å². The van der Waals surface area contributed by atoms with Crippen LogP contribution in [0, 0.1) is 20.8 Å². The minimum absolute atomic E-state index is 0.476. The Bertz CT molecular complexity index is 514. The van der Waals surface area contributed by atoms with E-state index in [1.54, 1.807) is 6.07 Å². The highest BCUT2D eigenvalue weighted by Crippen LogP contribution is 2.19. The number of hydrogen-bond donors (Lipinski definition) is 1. The number of rotatable bonds is 1. The van der Waals surface area contributed by atoms with Crippen molar-refractivity contribution in [3.05, 3.63) is 35.2 Å². The van der Waals surface area contributed by atoms with E-state index >= 15 is 0 Å². The van der Waals surface area contributed by atoms with Crippen LogP contribution in [0.5, 0.6) is 0 Å². The molecule has 0 aromatic carbocycles. The van der Waals surface area contributed by atoms with Gasteiger partial charge in [-0.05, 0) is 31.9 Å². The molecule has 0 amide bonds. The van der Waals surface area contributed by atoms with E-state index in [9.17, 15) is 0 Å². The van der Waals surface area contributed by atoms with Crippen molar-refractivity contribution in [2.75, 3.05) is 5.73 Å². The molecule has 0 spiro atoms. The largest absolute Gasteiger partial charge is 0.384 e. The molecule has 0 bridgehead atoms. The van der Waals surface area contributed by atoms with E-state index in [1.807, 2.05) is 27.0 Å². The minimum Gasteiger partial charge on any atom is -0.384 e. The zero-order valence-corrected chi connectivity index (χ0v) is 9.65. The van der Waals surface area contributed by atoms with E-state index in [0.717, 1.165) is 22.5 Å². The summed E-state index contributed by atoms with van der Waals surface area (Å²) in [6, 6.07) is 3.80. The molecule has 4 nitrogen and oxygen atoms in total. The standard InChI is InChI=1S/C12H14N4/c1-7-4-8(2)11(14-6-7)12-15-9(3)5-10(13)16-12/h4-6H,1-3H3,(H2,13,15,16). The third kappa shape index (κ3) is 2.00. The second-order valence-corrected chi connectivity index (χ2v) is 3.94. The third-order valence-corrected chi connectivity index (χ3v) is 2.30. The topological polar surface area (TPSA) is 64.7 Å². The highest BCUT2D eigenvalue weighted by Gasteiger charge is 2.08.